The van der Waals surface area contributed by atoms with E-state index in [4.69, 9.17) is 4.74 Å². The molecule has 3 rings (SSSR count). The predicted molar refractivity (Wildman–Crippen MR) is 105 cm³/mol. The topological polar surface area (TPSA) is 81.2 Å². The molecule has 1 aromatic carbocycles. The van der Waals surface area contributed by atoms with Gasteiger partial charge in [0.05, 0.1) is 23.6 Å². The summed E-state index contributed by atoms with van der Waals surface area (Å²) in [5.74, 6) is -0.823. The van der Waals surface area contributed by atoms with Gasteiger partial charge in [0.25, 0.3) is 5.91 Å². The highest BCUT2D eigenvalue weighted by Gasteiger charge is 2.16. The summed E-state index contributed by atoms with van der Waals surface area (Å²) in [7, 11) is 0. The van der Waals surface area contributed by atoms with Crippen molar-refractivity contribution in [1.29, 1.82) is 0 Å². The van der Waals surface area contributed by atoms with Crippen molar-refractivity contribution >= 4 is 28.3 Å². The number of nitrogens with zero attached hydrogens (tertiary/aromatic N) is 2. The minimum atomic E-state index is -0.447. The van der Waals surface area contributed by atoms with E-state index in [9.17, 15) is 9.59 Å². The minimum absolute atomic E-state index is 0.216. The Morgan fingerprint density at radius 2 is 1.89 bits per heavy atom. The van der Waals surface area contributed by atoms with Crippen LogP contribution in [0, 0.1) is 13.8 Å². The van der Waals surface area contributed by atoms with Crippen LogP contribution < -0.4 is 5.32 Å². The first-order valence-corrected chi connectivity index (χ1v) is 9.35. The molecule has 1 amide bonds. The molecular weight excluding hydrogens is 362 g/mol. The first-order valence-electron chi connectivity index (χ1n) is 8.47. The molecule has 0 aliphatic rings. The van der Waals surface area contributed by atoms with Crippen LogP contribution in [0.25, 0.3) is 11.3 Å². The number of nitrogens with one attached hydrogen (secondary N) is 1. The molecule has 0 aliphatic carbocycles. The average molecular weight is 381 g/mol. The second kappa shape index (κ2) is 8.09. The van der Waals surface area contributed by atoms with Crippen LogP contribution in [-0.4, -0.2) is 28.5 Å². The van der Waals surface area contributed by atoms with Gasteiger partial charge in [0, 0.05) is 10.9 Å². The number of amides is 1. The molecule has 0 spiro atoms. The number of hydrogen-bond acceptors (Lipinski definition) is 6. The average Bonchev–Trinajstić information content (AvgIpc) is 3.10. The Hall–Kier alpha value is -3.06. The summed E-state index contributed by atoms with van der Waals surface area (Å²) < 4.78 is 4.97. The molecule has 6 nitrogen and oxygen atoms in total. The third-order valence-electron chi connectivity index (χ3n) is 3.96. The van der Waals surface area contributed by atoms with Gasteiger partial charge in [-0.25, -0.2) is 14.8 Å². The van der Waals surface area contributed by atoms with Crippen molar-refractivity contribution < 1.29 is 14.3 Å². The summed E-state index contributed by atoms with van der Waals surface area (Å²) in [5.41, 5.74) is 3.98. The number of carbonyl (C=O) groups excluding carboxylic acids is 2. The van der Waals surface area contributed by atoms with E-state index in [2.05, 4.69) is 15.3 Å². The van der Waals surface area contributed by atoms with Gasteiger partial charge in [-0.3, -0.25) is 10.1 Å². The molecule has 2 heterocycles. The van der Waals surface area contributed by atoms with Crippen LogP contribution in [0.15, 0.2) is 41.8 Å². The zero-order valence-corrected chi connectivity index (χ0v) is 16.1. The van der Waals surface area contributed by atoms with Crippen molar-refractivity contribution in [3.63, 3.8) is 0 Å². The standard InChI is InChI=1S/C20H19N3O3S/c1-4-26-19(25)15-9-10-16(21-13(15)3)18(24)23-20-22-17(11-27-20)14-8-6-5-7-12(14)2/h5-11H,4H2,1-3H3,(H,22,23,24). The van der Waals surface area contributed by atoms with Gasteiger partial charge in [-0.05, 0) is 38.5 Å². The van der Waals surface area contributed by atoms with Crippen molar-refractivity contribution in [3.8, 4) is 11.3 Å². The van der Waals surface area contributed by atoms with E-state index in [1.165, 1.54) is 17.4 Å². The highest BCUT2D eigenvalue weighted by atomic mass is 32.1. The smallest absolute Gasteiger partial charge is 0.339 e. The summed E-state index contributed by atoms with van der Waals surface area (Å²) in [6.45, 7) is 5.71. The Morgan fingerprint density at radius 3 is 2.59 bits per heavy atom. The Labute approximate surface area is 161 Å². The van der Waals surface area contributed by atoms with Gasteiger partial charge in [-0.15, -0.1) is 11.3 Å². The Kier molecular flexibility index (Phi) is 5.61. The lowest BCUT2D eigenvalue weighted by atomic mass is 10.1. The highest BCUT2D eigenvalue weighted by molar-refractivity contribution is 7.14. The van der Waals surface area contributed by atoms with Gasteiger partial charge >= 0.3 is 5.97 Å². The number of aromatic nitrogens is 2. The molecule has 0 unspecified atom stereocenters. The van der Waals surface area contributed by atoms with Crippen molar-refractivity contribution in [3.05, 3.63) is 64.3 Å². The molecule has 138 valence electrons. The van der Waals surface area contributed by atoms with Gasteiger partial charge in [0.15, 0.2) is 5.13 Å². The fourth-order valence-electron chi connectivity index (χ4n) is 2.59. The maximum atomic E-state index is 12.5. The van der Waals surface area contributed by atoms with Crippen molar-refractivity contribution in [2.45, 2.75) is 20.8 Å². The maximum absolute atomic E-state index is 12.5. The van der Waals surface area contributed by atoms with Gasteiger partial charge in [-0.2, -0.15) is 0 Å². The number of hydrogen-bond donors (Lipinski definition) is 1. The van der Waals surface area contributed by atoms with Gasteiger partial charge in [0.1, 0.15) is 5.69 Å². The summed E-state index contributed by atoms with van der Waals surface area (Å²) >= 11 is 1.35. The third kappa shape index (κ3) is 4.20. The van der Waals surface area contributed by atoms with E-state index >= 15 is 0 Å². The lowest BCUT2D eigenvalue weighted by Gasteiger charge is -2.07. The molecule has 0 aliphatic heterocycles. The van der Waals surface area contributed by atoms with E-state index in [-0.39, 0.29) is 18.2 Å². The summed E-state index contributed by atoms with van der Waals surface area (Å²) in [6, 6.07) is 11.0. The minimum Gasteiger partial charge on any atom is -0.462 e. The number of ether oxygens (including phenoxy) is 1. The van der Waals surface area contributed by atoms with E-state index in [0.29, 0.717) is 16.4 Å². The molecular formula is C20H19N3O3S. The molecule has 2 aromatic heterocycles. The zero-order valence-electron chi connectivity index (χ0n) is 15.3. The molecule has 0 saturated heterocycles. The van der Waals surface area contributed by atoms with Crippen molar-refractivity contribution in [2.75, 3.05) is 11.9 Å². The normalized spacial score (nSPS) is 10.5. The van der Waals surface area contributed by atoms with Gasteiger partial charge < -0.3 is 4.74 Å². The Morgan fingerprint density at radius 1 is 1.11 bits per heavy atom. The number of rotatable bonds is 5. The van der Waals surface area contributed by atoms with E-state index in [1.807, 2.05) is 36.6 Å². The first kappa shape index (κ1) is 18.7. The van der Waals surface area contributed by atoms with E-state index in [0.717, 1.165) is 16.8 Å². The number of carbonyl (C=O) groups is 2. The second-order valence-electron chi connectivity index (χ2n) is 5.86. The van der Waals surface area contributed by atoms with Gasteiger partial charge in [-0.1, -0.05) is 24.3 Å². The molecule has 0 atom stereocenters. The number of benzene rings is 1. The third-order valence-corrected chi connectivity index (χ3v) is 4.72. The largest absolute Gasteiger partial charge is 0.462 e. The Bertz CT molecular complexity index is 998. The monoisotopic (exact) mass is 381 g/mol. The van der Waals surface area contributed by atoms with Crippen LogP contribution in [0.2, 0.25) is 0 Å². The maximum Gasteiger partial charge on any atom is 0.339 e. The van der Waals surface area contributed by atoms with E-state index in [1.54, 1.807) is 19.9 Å². The van der Waals surface area contributed by atoms with Crippen LogP contribution in [0.3, 0.4) is 0 Å². The Balaban J connectivity index is 1.75. The lowest BCUT2D eigenvalue weighted by Crippen LogP contribution is -2.16. The van der Waals surface area contributed by atoms with Crippen molar-refractivity contribution in [2.24, 2.45) is 0 Å². The number of thiazole rings is 1. The van der Waals surface area contributed by atoms with E-state index < -0.39 is 5.97 Å². The van der Waals surface area contributed by atoms with Crippen LogP contribution in [0.5, 0.6) is 0 Å². The van der Waals surface area contributed by atoms with Crippen LogP contribution in [0.4, 0.5) is 5.13 Å². The number of pyridine rings is 1. The van der Waals surface area contributed by atoms with Crippen LogP contribution in [0.1, 0.15) is 39.0 Å². The number of aryl methyl sites for hydroxylation is 2. The molecule has 0 radical (unpaired) electrons. The molecule has 0 bridgehead atoms. The fourth-order valence-corrected chi connectivity index (χ4v) is 3.29. The second-order valence-corrected chi connectivity index (χ2v) is 6.71. The van der Waals surface area contributed by atoms with Gasteiger partial charge in [0.2, 0.25) is 0 Å². The quantitative estimate of drug-likeness (QED) is 0.668. The van der Waals surface area contributed by atoms with Crippen LogP contribution >= 0.6 is 11.3 Å². The predicted octanol–water partition coefficient (Wildman–Crippen LogP) is 4.25. The van der Waals surface area contributed by atoms with Crippen LogP contribution in [-0.2, 0) is 4.74 Å². The summed E-state index contributed by atoms with van der Waals surface area (Å²) in [5, 5.41) is 5.15. The number of esters is 1. The molecule has 3 aromatic rings. The molecule has 1 N–H and O–H groups in total. The molecule has 7 heteroatoms. The zero-order chi connectivity index (χ0) is 19.4. The summed E-state index contributed by atoms with van der Waals surface area (Å²) in [6.07, 6.45) is 0. The highest BCUT2D eigenvalue weighted by Crippen LogP contribution is 2.27. The lowest BCUT2D eigenvalue weighted by molar-refractivity contribution is 0.0524. The number of anilines is 1. The first-order chi connectivity index (χ1) is 13.0. The summed E-state index contributed by atoms with van der Waals surface area (Å²) in [4.78, 5) is 33.0. The molecule has 0 saturated carbocycles. The molecule has 0 fully saturated rings. The molecule has 27 heavy (non-hydrogen) atoms. The fraction of sp³-hybridized carbons (Fsp3) is 0.200. The SMILES string of the molecule is CCOC(=O)c1ccc(C(=O)Nc2nc(-c3ccccc3C)cs2)nc1C. The van der Waals surface area contributed by atoms with Crippen molar-refractivity contribution in [1.82, 2.24) is 9.97 Å².